The van der Waals surface area contributed by atoms with E-state index in [1.165, 1.54) is 21.9 Å². The second-order valence-corrected chi connectivity index (χ2v) is 5.51. The van der Waals surface area contributed by atoms with Crippen molar-refractivity contribution in [1.82, 2.24) is 5.32 Å². The van der Waals surface area contributed by atoms with Crippen molar-refractivity contribution >= 4 is 10.8 Å². The summed E-state index contributed by atoms with van der Waals surface area (Å²) >= 11 is 0. The Labute approximate surface area is 132 Å². The second-order valence-electron chi connectivity index (χ2n) is 5.51. The maximum atomic E-state index is 5.39. The molecule has 22 heavy (non-hydrogen) atoms. The molecule has 0 saturated heterocycles. The van der Waals surface area contributed by atoms with Gasteiger partial charge in [-0.1, -0.05) is 60.5 Å². The summed E-state index contributed by atoms with van der Waals surface area (Å²) in [4.78, 5) is 0. The Morgan fingerprint density at radius 3 is 2.45 bits per heavy atom. The number of terminal acetylenes is 1. The van der Waals surface area contributed by atoms with Crippen LogP contribution >= 0.6 is 0 Å². The van der Waals surface area contributed by atoms with Gasteiger partial charge in [-0.2, -0.15) is 0 Å². The zero-order chi connectivity index (χ0) is 15.4. The molecule has 0 fully saturated rings. The first kappa shape index (κ1) is 14.4. The van der Waals surface area contributed by atoms with E-state index in [1.54, 1.807) is 0 Å². The molecule has 0 aliphatic carbocycles. The lowest BCUT2D eigenvalue weighted by atomic mass is 9.99. The molecule has 0 radical (unpaired) electrons. The van der Waals surface area contributed by atoms with E-state index in [1.807, 2.05) is 12.1 Å². The molecule has 1 atom stereocenters. The predicted octanol–water partition coefficient (Wildman–Crippen LogP) is 4.67. The van der Waals surface area contributed by atoms with Crippen LogP contribution < -0.4 is 5.32 Å². The standard InChI is InChI=1S/C21H19N/c1-3-17-11-13-18(14-12-17)15-22-16(2)20-10-6-8-19-7-4-5-9-21(19)20/h1,4-14,16,22H,15H2,2H3. The maximum absolute atomic E-state index is 5.39. The van der Waals surface area contributed by atoms with Crippen LogP contribution in [0.5, 0.6) is 0 Å². The van der Waals surface area contributed by atoms with Gasteiger partial charge in [0.05, 0.1) is 0 Å². The number of hydrogen-bond donors (Lipinski definition) is 1. The first-order valence-electron chi connectivity index (χ1n) is 7.54. The van der Waals surface area contributed by atoms with Crippen molar-refractivity contribution in [3.8, 4) is 12.3 Å². The minimum atomic E-state index is 0.290. The van der Waals surface area contributed by atoms with Gasteiger partial charge in [-0.15, -0.1) is 6.42 Å². The molecule has 108 valence electrons. The molecule has 1 heteroatoms. The van der Waals surface area contributed by atoms with Gasteiger partial charge in [-0.25, -0.2) is 0 Å². The van der Waals surface area contributed by atoms with E-state index in [2.05, 4.69) is 72.8 Å². The normalized spacial score (nSPS) is 12.0. The summed E-state index contributed by atoms with van der Waals surface area (Å²) in [6, 6.07) is 23.4. The van der Waals surface area contributed by atoms with E-state index in [9.17, 15) is 0 Å². The fourth-order valence-electron chi connectivity index (χ4n) is 2.73. The Balaban J connectivity index is 1.76. The van der Waals surface area contributed by atoms with Gasteiger partial charge in [0.1, 0.15) is 0 Å². The Bertz CT molecular complexity index is 804. The Kier molecular flexibility index (Phi) is 4.23. The third-order valence-corrected chi connectivity index (χ3v) is 4.02. The summed E-state index contributed by atoms with van der Waals surface area (Å²) in [7, 11) is 0. The first-order valence-corrected chi connectivity index (χ1v) is 7.54. The van der Waals surface area contributed by atoms with Gasteiger partial charge in [-0.3, -0.25) is 0 Å². The zero-order valence-electron chi connectivity index (χ0n) is 12.7. The maximum Gasteiger partial charge on any atom is 0.0301 e. The van der Waals surface area contributed by atoms with E-state index in [0.29, 0.717) is 6.04 Å². The molecule has 0 heterocycles. The quantitative estimate of drug-likeness (QED) is 0.687. The number of benzene rings is 3. The van der Waals surface area contributed by atoms with Crippen LogP contribution in [0.3, 0.4) is 0 Å². The van der Waals surface area contributed by atoms with E-state index in [0.717, 1.165) is 12.1 Å². The average molecular weight is 285 g/mol. The molecule has 3 rings (SSSR count). The monoisotopic (exact) mass is 285 g/mol. The first-order chi connectivity index (χ1) is 10.8. The van der Waals surface area contributed by atoms with Crippen LogP contribution in [0.15, 0.2) is 66.7 Å². The molecule has 1 N–H and O–H groups in total. The minimum Gasteiger partial charge on any atom is -0.306 e. The molecule has 1 unspecified atom stereocenters. The second kappa shape index (κ2) is 6.47. The lowest BCUT2D eigenvalue weighted by molar-refractivity contribution is 0.578. The number of nitrogens with one attached hydrogen (secondary N) is 1. The summed E-state index contributed by atoms with van der Waals surface area (Å²) in [5.41, 5.74) is 3.50. The van der Waals surface area contributed by atoms with Crippen molar-refractivity contribution < 1.29 is 0 Å². The zero-order valence-corrected chi connectivity index (χ0v) is 12.7. The van der Waals surface area contributed by atoms with Gasteiger partial charge in [-0.05, 0) is 41.0 Å². The molecule has 0 bridgehead atoms. The topological polar surface area (TPSA) is 12.0 Å². The Morgan fingerprint density at radius 1 is 0.955 bits per heavy atom. The Hall–Kier alpha value is -2.56. The van der Waals surface area contributed by atoms with Gasteiger partial charge < -0.3 is 5.32 Å². The number of rotatable bonds is 4. The van der Waals surface area contributed by atoms with E-state index in [-0.39, 0.29) is 0 Å². The van der Waals surface area contributed by atoms with Crippen molar-refractivity contribution in [3.05, 3.63) is 83.4 Å². The Morgan fingerprint density at radius 2 is 1.68 bits per heavy atom. The highest BCUT2D eigenvalue weighted by molar-refractivity contribution is 5.86. The lowest BCUT2D eigenvalue weighted by Crippen LogP contribution is -2.18. The summed E-state index contributed by atoms with van der Waals surface area (Å²) in [5, 5.41) is 6.19. The summed E-state index contributed by atoms with van der Waals surface area (Å²) < 4.78 is 0. The molecular formula is C21H19N. The van der Waals surface area contributed by atoms with Gasteiger partial charge in [0.2, 0.25) is 0 Å². The van der Waals surface area contributed by atoms with Crippen LogP contribution in [0.2, 0.25) is 0 Å². The highest BCUT2D eigenvalue weighted by Crippen LogP contribution is 2.24. The van der Waals surface area contributed by atoms with Crippen molar-refractivity contribution in [2.75, 3.05) is 0 Å². The number of fused-ring (bicyclic) bond motifs is 1. The fourth-order valence-corrected chi connectivity index (χ4v) is 2.73. The molecule has 0 saturated carbocycles. The van der Waals surface area contributed by atoms with Crippen LogP contribution in [0.25, 0.3) is 10.8 Å². The van der Waals surface area contributed by atoms with Crippen LogP contribution in [0, 0.1) is 12.3 Å². The van der Waals surface area contributed by atoms with Gasteiger partial charge >= 0.3 is 0 Å². The molecule has 0 aliphatic rings. The van der Waals surface area contributed by atoms with Crippen LogP contribution in [0.4, 0.5) is 0 Å². The summed E-state index contributed by atoms with van der Waals surface area (Å²) in [5.74, 6) is 2.64. The molecule has 0 amide bonds. The third-order valence-electron chi connectivity index (χ3n) is 4.02. The van der Waals surface area contributed by atoms with Crippen molar-refractivity contribution in [2.45, 2.75) is 19.5 Å². The van der Waals surface area contributed by atoms with E-state index < -0.39 is 0 Å². The lowest BCUT2D eigenvalue weighted by Gasteiger charge is -2.16. The van der Waals surface area contributed by atoms with Crippen molar-refractivity contribution in [3.63, 3.8) is 0 Å². The summed E-state index contributed by atoms with van der Waals surface area (Å²) in [6.07, 6.45) is 5.39. The van der Waals surface area contributed by atoms with Crippen molar-refractivity contribution in [1.29, 1.82) is 0 Å². The molecule has 1 nitrogen and oxygen atoms in total. The predicted molar refractivity (Wildman–Crippen MR) is 93.6 cm³/mol. The van der Waals surface area contributed by atoms with E-state index >= 15 is 0 Å². The highest BCUT2D eigenvalue weighted by Gasteiger charge is 2.08. The SMILES string of the molecule is C#Cc1ccc(CNC(C)c2cccc3ccccc23)cc1. The highest BCUT2D eigenvalue weighted by atomic mass is 14.9. The van der Waals surface area contributed by atoms with E-state index in [4.69, 9.17) is 6.42 Å². The van der Waals surface area contributed by atoms with Crippen molar-refractivity contribution in [2.24, 2.45) is 0 Å². The summed E-state index contributed by atoms with van der Waals surface area (Å²) in [6.45, 7) is 3.03. The average Bonchev–Trinajstić information content (AvgIpc) is 2.59. The minimum absolute atomic E-state index is 0.290. The van der Waals surface area contributed by atoms with Crippen LogP contribution in [-0.2, 0) is 6.54 Å². The van der Waals surface area contributed by atoms with Gasteiger partial charge in [0.25, 0.3) is 0 Å². The molecular weight excluding hydrogens is 266 g/mol. The third kappa shape index (κ3) is 3.03. The molecule has 0 aromatic heterocycles. The molecule has 0 aliphatic heterocycles. The van der Waals surface area contributed by atoms with Gasteiger partial charge in [0, 0.05) is 18.2 Å². The fraction of sp³-hybridized carbons (Fsp3) is 0.143. The molecule has 3 aromatic rings. The van der Waals surface area contributed by atoms with Crippen LogP contribution in [0.1, 0.15) is 29.7 Å². The molecule has 3 aromatic carbocycles. The molecule has 0 spiro atoms. The van der Waals surface area contributed by atoms with Crippen LogP contribution in [-0.4, -0.2) is 0 Å². The number of hydrogen-bond acceptors (Lipinski definition) is 1. The van der Waals surface area contributed by atoms with Gasteiger partial charge in [0.15, 0.2) is 0 Å². The smallest absolute Gasteiger partial charge is 0.0301 e. The largest absolute Gasteiger partial charge is 0.306 e.